The molecule has 0 aromatic heterocycles. The molecule has 1 saturated heterocycles. The normalized spacial score (nSPS) is 26.1. The Morgan fingerprint density at radius 1 is 1.19 bits per heavy atom. The van der Waals surface area contributed by atoms with Crippen molar-refractivity contribution in [3.8, 4) is 0 Å². The van der Waals surface area contributed by atoms with Crippen LogP contribution in [0.1, 0.15) is 57.9 Å². The first-order valence-electron chi connectivity index (χ1n) is 9.79. The third-order valence-electron chi connectivity index (χ3n) is 5.67. The third kappa shape index (κ3) is 4.19. The van der Waals surface area contributed by atoms with Crippen LogP contribution >= 0.6 is 0 Å². The Bertz CT molecular complexity index is 618. The number of nitrogens with zero attached hydrogens (tertiary/aromatic N) is 1. The molecule has 1 aromatic rings. The van der Waals surface area contributed by atoms with E-state index in [1.165, 1.54) is 6.42 Å². The van der Waals surface area contributed by atoms with Gasteiger partial charge in [-0.25, -0.2) is 9.59 Å². The summed E-state index contributed by atoms with van der Waals surface area (Å²) in [4.78, 5) is 27.2. The fraction of sp³-hybridized carbons (Fsp3) is 0.619. The Hall–Kier alpha value is -2.04. The smallest absolute Gasteiger partial charge is 0.411 e. The van der Waals surface area contributed by atoms with Gasteiger partial charge in [-0.1, -0.05) is 50.1 Å². The number of hydrogen-bond donors (Lipinski definition) is 0. The van der Waals surface area contributed by atoms with Gasteiger partial charge in [-0.05, 0) is 44.1 Å². The van der Waals surface area contributed by atoms with Crippen molar-refractivity contribution in [2.75, 3.05) is 0 Å². The standard InChI is InChI=1S/C21H29NO4/c1-3-15(2)26-20(23)19-13-17-11-7-8-12-18(17)22(19)21(24)25-14-16-9-5-4-6-10-16/h4-6,9-10,15,17-19H,3,7-8,11-14H2,1-2H3. The van der Waals surface area contributed by atoms with Gasteiger partial charge in [0.2, 0.25) is 0 Å². The molecule has 0 radical (unpaired) electrons. The lowest BCUT2D eigenvalue weighted by Gasteiger charge is -2.32. The SMILES string of the molecule is CCC(C)OC(=O)C1CC2CCCCC2N1C(=O)OCc1ccccc1. The summed E-state index contributed by atoms with van der Waals surface area (Å²) in [6, 6.07) is 9.21. The van der Waals surface area contributed by atoms with Gasteiger partial charge in [0.25, 0.3) is 0 Å². The van der Waals surface area contributed by atoms with Gasteiger partial charge in [0, 0.05) is 6.04 Å². The lowest BCUT2D eigenvalue weighted by atomic mass is 9.85. The second-order valence-corrected chi connectivity index (χ2v) is 7.47. The van der Waals surface area contributed by atoms with Gasteiger partial charge in [-0.2, -0.15) is 0 Å². The Balaban J connectivity index is 1.70. The molecule has 4 unspecified atom stereocenters. The Morgan fingerprint density at radius 3 is 2.65 bits per heavy atom. The zero-order chi connectivity index (χ0) is 18.5. The Labute approximate surface area is 155 Å². The average molecular weight is 359 g/mol. The topological polar surface area (TPSA) is 55.8 Å². The highest BCUT2D eigenvalue weighted by atomic mass is 16.6. The first-order chi connectivity index (χ1) is 12.6. The van der Waals surface area contributed by atoms with E-state index in [0.29, 0.717) is 12.3 Å². The van der Waals surface area contributed by atoms with Crippen molar-refractivity contribution in [1.82, 2.24) is 4.90 Å². The fourth-order valence-electron chi connectivity index (χ4n) is 4.09. The van der Waals surface area contributed by atoms with Crippen LogP contribution in [0.15, 0.2) is 30.3 Å². The fourth-order valence-corrected chi connectivity index (χ4v) is 4.09. The summed E-state index contributed by atoms with van der Waals surface area (Å²) >= 11 is 0. The van der Waals surface area contributed by atoms with Gasteiger partial charge < -0.3 is 9.47 Å². The molecule has 1 saturated carbocycles. The number of rotatable bonds is 5. The van der Waals surface area contributed by atoms with E-state index in [1.54, 1.807) is 4.90 Å². The number of benzene rings is 1. The number of carbonyl (C=O) groups is 2. The summed E-state index contributed by atoms with van der Waals surface area (Å²) in [5.41, 5.74) is 0.943. The molecule has 5 nitrogen and oxygen atoms in total. The van der Waals surface area contributed by atoms with Crippen molar-refractivity contribution in [2.45, 2.75) is 77.2 Å². The second-order valence-electron chi connectivity index (χ2n) is 7.47. The van der Waals surface area contributed by atoms with Crippen molar-refractivity contribution in [3.63, 3.8) is 0 Å². The van der Waals surface area contributed by atoms with Crippen LogP contribution < -0.4 is 0 Å². The van der Waals surface area contributed by atoms with Gasteiger partial charge in [-0.3, -0.25) is 4.90 Å². The van der Waals surface area contributed by atoms with Crippen LogP contribution in [0.5, 0.6) is 0 Å². The van der Waals surface area contributed by atoms with Gasteiger partial charge in [0.05, 0.1) is 6.10 Å². The molecule has 1 heterocycles. The largest absolute Gasteiger partial charge is 0.461 e. The molecular weight excluding hydrogens is 330 g/mol. The third-order valence-corrected chi connectivity index (χ3v) is 5.67. The summed E-state index contributed by atoms with van der Waals surface area (Å²) in [6.07, 6.45) is 5.21. The van der Waals surface area contributed by atoms with Crippen molar-refractivity contribution in [3.05, 3.63) is 35.9 Å². The summed E-state index contributed by atoms with van der Waals surface area (Å²) in [6.45, 7) is 4.09. The maximum atomic E-state index is 12.8. The van der Waals surface area contributed by atoms with Crippen molar-refractivity contribution in [2.24, 2.45) is 5.92 Å². The average Bonchev–Trinajstić information content (AvgIpc) is 3.06. The van der Waals surface area contributed by atoms with Gasteiger partial charge in [0.1, 0.15) is 12.6 Å². The number of esters is 1. The van der Waals surface area contributed by atoms with Crippen LogP contribution in [0.3, 0.4) is 0 Å². The molecule has 2 aliphatic rings. The van der Waals surface area contributed by atoms with Crippen molar-refractivity contribution >= 4 is 12.1 Å². The second kappa shape index (κ2) is 8.56. The number of amides is 1. The van der Waals surface area contributed by atoms with E-state index in [-0.39, 0.29) is 24.7 Å². The number of ether oxygens (including phenoxy) is 2. The van der Waals surface area contributed by atoms with Gasteiger partial charge in [-0.15, -0.1) is 0 Å². The van der Waals surface area contributed by atoms with E-state index < -0.39 is 12.1 Å². The van der Waals surface area contributed by atoms with Crippen LogP contribution in [0.25, 0.3) is 0 Å². The minimum atomic E-state index is -0.514. The number of carbonyl (C=O) groups excluding carboxylic acids is 2. The monoisotopic (exact) mass is 359 g/mol. The van der Waals surface area contributed by atoms with E-state index in [9.17, 15) is 9.59 Å². The van der Waals surface area contributed by atoms with E-state index in [4.69, 9.17) is 9.47 Å². The molecule has 1 aromatic carbocycles. The van der Waals surface area contributed by atoms with E-state index in [0.717, 1.165) is 31.2 Å². The molecule has 1 aliphatic carbocycles. The molecule has 3 rings (SSSR count). The summed E-state index contributed by atoms with van der Waals surface area (Å²) in [5, 5.41) is 0. The predicted molar refractivity (Wildman–Crippen MR) is 98.5 cm³/mol. The van der Waals surface area contributed by atoms with Crippen LogP contribution in [-0.2, 0) is 20.9 Å². The highest BCUT2D eigenvalue weighted by Crippen LogP contribution is 2.40. The highest BCUT2D eigenvalue weighted by Gasteiger charge is 2.49. The molecule has 142 valence electrons. The maximum absolute atomic E-state index is 12.8. The van der Waals surface area contributed by atoms with Gasteiger partial charge >= 0.3 is 12.1 Å². The zero-order valence-corrected chi connectivity index (χ0v) is 15.7. The van der Waals surface area contributed by atoms with E-state index in [2.05, 4.69) is 0 Å². The predicted octanol–water partition coefficient (Wildman–Crippen LogP) is 4.30. The first kappa shape index (κ1) is 18.7. The lowest BCUT2D eigenvalue weighted by Crippen LogP contribution is -2.47. The van der Waals surface area contributed by atoms with Crippen LogP contribution in [0, 0.1) is 5.92 Å². The minimum Gasteiger partial charge on any atom is -0.461 e. The van der Waals surface area contributed by atoms with Gasteiger partial charge in [0.15, 0.2) is 0 Å². The zero-order valence-electron chi connectivity index (χ0n) is 15.7. The first-order valence-corrected chi connectivity index (χ1v) is 9.79. The molecule has 1 aliphatic heterocycles. The molecule has 0 bridgehead atoms. The summed E-state index contributed by atoms with van der Waals surface area (Å²) in [7, 11) is 0. The Kier molecular flexibility index (Phi) is 6.17. The number of hydrogen-bond acceptors (Lipinski definition) is 4. The molecule has 2 fully saturated rings. The van der Waals surface area contributed by atoms with Crippen molar-refractivity contribution < 1.29 is 19.1 Å². The van der Waals surface area contributed by atoms with Crippen LogP contribution in [0.4, 0.5) is 4.79 Å². The maximum Gasteiger partial charge on any atom is 0.411 e. The quantitative estimate of drug-likeness (QED) is 0.736. The summed E-state index contributed by atoms with van der Waals surface area (Å²) < 4.78 is 11.1. The molecule has 5 heteroatoms. The lowest BCUT2D eigenvalue weighted by molar-refractivity contribution is -0.153. The van der Waals surface area contributed by atoms with Crippen molar-refractivity contribution in [1.29, 1.82) is 0 Å². The van der Waals surface area contributed by atoms with E-state index in [1.807, 2.05) is 44.2 Å². The highest BCUT2D eigenvalue weighted by molar-refractivity contribution is 5.82. The van der Waals surface area contributed by atoms with Crippen LogP contribution in [0.2, 0.25) is 0 Å². The van der Waals surface area contributed by atoms with E-state index >= 15 is 0 Å². The number of likely N-dealkylation sites (tertiary alicyclic amines) is 1. The summed E-state index contributed by atoms with van der Waals surface area (Å²) in [5.74, 6) is 0.0907. The number of fused-ring (bicyclic) bond motifs is 1. The molecule has 1 amide bonds. The van der Waals surface area contributed by atoms with Crippen LogP contribution in [-0.4, -0.2) is 35.2 Å². The molecule has 4 atom stereocenters. The Morgan fingerprint density at radius 2 is 1.92 bits per heavy atom. The molecule has 0 spiro atoms. The molecule has 26 heavy (non-hydrogen) atoms. The minimum absolute atomic E-state index is 0.0986. The molecular formula is C21H29NO4. The molecule has 0 N–H and O–H groups in total.